The molecule has 0 saturated carbocycles. The van der Waals surface area contributed by atoms with E-state index in [1.807, 2.05) is 4.90 Å². The largest absolute Gasteiger partial charge is 0.368 e. The van der Waals surface area contributed by atoms with Gasteiger partial charge in [0.2, 0.25) is 0 Å². The number of hydrogen-bond donors (Lipinski definition) is 1. The van der Waals surface area contributed by atoms with Crippen LogP contribution in [0.5, 0.6) is 0 Å². The van der Waals surface area contributed by atoms with Crippen LogP contribution >= 0.6 is 0 Å². The number of carbonyl (C=O) groups is 1. The average molecular weight is 269 g/mol. The summed E-state index contributed by atoms with van der Waals surface area (Å²) >= 11 is 0. The van der Waals surface area contributed by atoms with Crippen LogP contribution in [0.15, 0.2) is 0 Å². The van der Waals surface area contributed by atoms with Gasteiger partial charge in [-0.1, -0.05) is 0 Å². The van der Waals surface area contributed by atoms with E-state index in [2.05, 4.69) is 4.90 Å². The number of nitrogens with zero attached hydrogens (tertiary/aromatic N) is 2. The van der Waals surface area contributed by atoms with Crippen molar-refractivity contribution in [1.29, 1.82) is 0 Å². The van der Waals surface area contributed by atoms with Crippen LogP contribution in [0.4, 0.5) is 0 Å². The zero-order valence-corrected chi connectivity index (χ0v) is 11.9. The van der Waals surface area contributed by atoms with Gasteiger partial charge in [0.05, 0.1) is 0 Å². The zero-order valence-electron chi connectivity index (χ0n) is 11.9. The maximum atomic E-state index is 12.3. The molecule has 2 aliphatic heterocycles. The van der Waals surface area contributed by atoms with Gasteiger partial charge in [-0.15, -0.1) is 0 Å². The van der Waals surface area contributed by atoms with Crippen LogP contribution in [-0.2, 0) is 9.53 Å². The van der Waals surface area contributed by atoms with Gasteiger partial charge in [-0.3, -0.25) is 4.79 Å². The highest BCUT2D eigenvalue weighted by molar-refractivity contribution is 5.81. The predicted octanol–water partition coefficient (Wildman–Crippen LogP) is 0.439. The van der Waals surface area contributed by atoms with E-state index >= 15 is 0 Å². The van der Waals surface area contributed by atoms with Crippen LogP contribution < -0.4 is 5.73 Å². The van der Waals surface area contributed by atoms with Crippen molar-refractivity contribution in [3.05, 3.63) is 0 Å². The minimum atomic E-state index is -0.163. The molecule has 2 aliphatic rings. The number of carbonyl (C=O) groups excluding carboxylic acids is 1. The van der Waals surface area contributed by atoms with Crippen LogP contribution in [0.3, 0.4) is 0 Å². The second-order valence-corrected chi connectivity index (χ2v) is 5.52. The Bertz CT molecular complexity index is 280. The van der Waals surface area contributed by atoms with E-state index in [0.29, 0.717) is 0 Å². The van der Waals surface area contributed by atoms with Crippen molar-refractivity contribution < 1.29 is 9.53 Å². The summed E-state index contributed by atoms with van der Waals surface area (Å²) in [5.41, 5.74) is 5.52. The first kappa shape index (κ1) is 14.8. The third-order valence-electron chi connectivity index (χ3n) is 4.03. The molecule has 0 spiro atoms. The summed E-state index contributed by atoms with van der Waals surface area (Å²) in [6, 6.07) is 0. The summed E-state index contributed by atoms with van der Waals surface area (Å²) in [5.74, 6) is 0.210. The van der Waals surface area contributed by atoms with Crippen molar-refractivity contribution in [2.75, 3.05) is 45.9 Å². The fraction of sp³-hybridized carbons (Fsp3) is 0.929. The summed E-state index contributed by atoms with van der Waals surface area (Å²) in [4.78, 5) is 16.7. The fourth-order valence-corrected chi connectivity index (χ4v) is 2.87. The highest BCUT2D eigenvalue weighted by Crippen LogP contribution is 2.16. The van der Waals surface area contributed by atoms with E-state index in [1.54, 1.807) is 0 Å². The molecule has 1 amide bonds. The first-order chi connectivity index (χ1) is 9.31. The smallest absolute Gasteiger partial charge is 0.251 e. The molecule has 0 aromatic heterocycles. The van der Waals surface area contributed by atoms with Crippen molar-refractivity contribution in [3.8, 4) is 0 Å². The Morgan fingerprint density at radius 3 is 2.79 bits per heavy atom. The van der Waals surface area contributed by atoms with Gasteiger partial charge in [-0.25, -0.2) is 0 Å². The SMILES string of the molecule is NCCCCN1CCCN(C(=O)C2CCCO2)CC1. The van der Waals surface area contributed by atoms with Gasteiger partial charge in [0.15, 0.2) is 0 Å². The van der Waals surface area contributed by atoms with Crippen LogP contribution in [-0.4, -0.2) is 67.7 Å². The highest BCUT2D eigenvalue weighted by Gasteiger charge is 2.29. The topological polar surface area (TPSA) is 58.8 Å². The summed E-state index contributed by atoms with van der Waals surface area (Å²) in [6.07, 6.45) is 5.08. The van der Waals surface area contributed by atoms with Crippen molar-refractivity contribution >= 4 is 5.91 Å². The Balaban J connectivity index is 1.74. The number of unbranched alkanes of at least 4 members (excludes halogenated alkanes) is 1. The van der Waals surface area contributed by atoms with Gasteiger partial charge < -0.3 is 20.3 Å². The standard InChI is InChI=1S/C14H27N3O2/c15-6-1-2-7-16-8-4-9-17(11-10-16)14(18)13-5-3-12-19-13/h13H,1-12,15H2. The minimum absolute atomic E-state index is 0.163. The summed E-state index contributed by atoms with van der Waals surface area (Å²) < 4.78 is 5.50. The molecule has 19 heavy (non-hydrogen) atoms. The molecule has 2 heterocycles. The molecular formula is C14H27N3O2. The van der Waals surface area contributed by atoms with Gasteiger partial charge in [0.1, 0.15) is 6.10 Å². The molecule has 2 fully saturated rings. The molecule has 0 aromatic carbocycles. The Morgan fingerprint density at radius 2 is 2.05 bits per heavy atom. The molecule has 0 aromatic rings. The molecule has 0 aliphatic carbocycles. The normalized spacial score (nSPS) is 25.5. The molecular weight excluding hydrogens is 242 g/mol. The van der Waals surface area contributed by atoms with E-state index in [0.717, 1.165) is 78.0 Å². The van der Waals surface area contributed by atoms with Gasteiger partial charge in [0, 0.05) is 26.2 Å². The lowest BCUT2D eigenvalue weighted by Crippen LogP contribution is -2.41. The van der Waals surface area contributed by atoms with Crippen LogP contribution in [0, 0.1) is 0 Å². The van der Waals surface area contributed by atoms with E-state index in [1.165, 1.54) is 0 Å². The molecule has 2 saturated heterocycles. The lowest BCUT2D eigenvalue weighted by molar-refractivity contribution is -0.140. The van der Waals surface area contributed by atoms with Crippen LogP contribution in [0.2, 0.25) is 0 Å². The monoisotopic (exact) mass is 269 g/mol. The zero-order chi connectivity index (χ0) is 13.5. The molecule has 0 bridgehead atoms. The molecule has 5 heteroatoms. The van der Waals surface area contributed by atoms with E-state index in [-0.39, 0.29) is 12.0 Å². The van der Waals surface area contributed by atoms with Gasteiger partial charge >= 0.3 is 0 Å². The Hall–Kier alpha value is -0.650. The Kier molecular flexibility index (Phi) is 6.07. The second kappa shape index (κ2) is 7.82. The van der Waals surface area contributed by atoms with Crippen LogP contribution in [0.25, 0.3) is 0 Å². The van der Waals surface area contributed by atoms with E-state index < -0.39 is 0 Å². The number of rotatable bonds is 5. The molecule has 110 valence electrons. The van der Waals surface area contributed by atoms with Crippen LogP contribution in [0.1, 0.15) is 32.1 Å². The number of nitrogens with two attached hydrogens (primary N) is 1. The number of hydrogen-bond acceptors (Lipinski definition) is 4. The lowest BCUT2D eigenvalue weighted by atomic mass is 10.2. The van der Waals surface area contributed by atoms with Crippen molar-refractivity contribution in [2.45, 2.75) is 38.2 Å². The van der Waals surface area contributed by atoms with Gasteiger partial charge in [-0.2, -0.15) is 0 Å². The Labute approximate surface area is 116 Å². The van der Waals surface area contributed by atoms with Crippen molar-refractivity contribution in [1.82, 2.24) is 9.80 Å². The molecule has 0 radical (unpaired) electrons. The van der Waals surface area contributed by atoms with Gasteiger partial charge in [-0.05, 0) is 51.7 Å². The highest BCUT2D eigenvalue weighted by atomic mass is 16.5. The minimum Gasteiger partial charge on any atom is -0.368 e. The predicted molar refractivity (Wildman–Crippen MR) is 74.9 cm³/mol. The summed E-state index contributed by atoms with van der Waals surface area (Å²) in [7, 11) is 0. The molecule has 1 unspecified atom stereocenters. The number of ether oxygens (including phenoxy) is 1. The summed E-state index contributed by atoms with van der Waals surface area (Å²) in [5, 5.41) is 0. The van der Waals surface area contributed by atoms with E-state index in [4.69, 9.17) is 10.5 Å². The van der Waals surface area contributed by atoms with E-state index in [9.17, 15) is 4.79 Å². The summed E-state index contributed by atoms with van der Waals surface area (Å²) in [6.45, 7) is 6.45. The quantitative estimate of drug-likeness (QED) is 0.736. The maximum Gasteiger partial charge on any atom is 0.251 e. The molecule has 2 N–H and O–H groups in total. The third kappa shape index (κ3) is 4.44. The lowest BCUT2D eigenvalue weighted by Gasteiger charge is -2.24. The maximum absolute atomic E-state index is 12.3. The average Bonchev–Trinajstić information content (AvgIpc) is 2.85. The first-order valence-corrected chi connectivity index (χ1v) is 7.64. The third-order valence-corrected chi connectivity index (χ3v) is 4.03. The van der Waals surface area contributed by atoms with Crippen molar-refractivity contribution in [3.63, 3.8) is 0 Å². The fourth-order valence-electron chi connectivity index (χ4n) is 2.87. The molecule has 2 rings (SSSR count). The van der Waals surface area contributed by atoms with Crippen molar-refractivity contribution in [2.24, 2.45) is 5.73 Å². The molecule has 5 nitrogen and oxygen atoms in total. The first-order valence-electron chi connectivity index (χ1n) is 7.64. The number of amides is 1. The molecule has 1 atom stereocenters. The van der Waals surface area contributed by atoms with Gasteiger partial charge in [0.25, 0.3) is 5.91 Å². The second-order valence-electron chi connectivity index (χ2n) is 5.52. The Morgan fingerprint density at radius 1 is 1.16 bits per heavy atom.